The maximum absolute atomic E-state index is 15.3. The van der Waals surface area contributed by atoms with E-state index in [1.165, 1.54) is 32.7 Å². The molecule has 3 aromatic rings. The number of carbonyl (C=O) groups excluding carboxylic acids is 1. The summed E-state index contributed by atoms with van der Waals surface area (Å²) < 4.78 is 29.1. The normalized spacial score (nSPS) is 23.9. The molecule has 1 amide bonds. The molecule has 190 valence electrons. The van der Waals surface area contributed by atoms with Gasteiger partial charge >= 0.3 is 0 Å². The monoisotopic (exact) mass is 535 g/mol. The fraction of sp³-hybridized carbons (Fsp3) is 0.348. The minimum absolute atomic E-state index is 0.0667. The van der Waals surface area contributed by atoms with E-state index in [4.69, 9.17) is 22.2 Å². The van der Waals surface area contributed by atoms with Gasteiger partial charge in [-0.25, -0.2) is 28.8 Å². The van der Waals surface area contributed by atoms with Crippen LogP contribution in [-0.2, 0) is 15.2 Å². The molecule has 0 saturated heterocycles. The Morgan fingerprint density at radius 1 is 1.25 bits per heavy atom. The number of nitrogens with zero attached hydrogens (tertiary/aromatic N) is 5. The smallest absolute Gasteiger partial charge is 0.262 e. The number of nitrogens with one attached hydrogen (secondary N) is 1. The van der Waals surface area contributed by atoms with E-state index in [0.29, 0.717) is 16.1 Å². The first kappa shape index (κ1) is 26.0. The predicted octanol–water partition coefficient (Wildman–Crippen LogP) is 4.39. The summed E-state index contributed by atoms with van der Waals surface area (Å²) >= 11 is 7.05. The van der Waals surface area contributed by atoms with Gasteiger partial charge in [0.2, 0.25) is 0 Å². The first-order valence-corrected chi connectivity index (χ1v) is 12.0. The van der Waals surface area contributed by atoms with E-state index in [9.17, 15) is 9.18 Å². The number of amides is 1. The highest BCUT2D eigenvalue weighted by Crippen LogP contribution is 2.51. The number of hydrogen-bond donors (Lipinski definition) is 2. The van der Waals surface area contributed by atoms with Gasteiger partial charge in [0.1, 0.15) is 16.6 Å². The predicted molar refractivity (Wildman–Crippen MR) is 136 cm³/mol. The number of fused-ring (bicyclic) bond motifs is 1. The number of aromatic nitrogens is 3. The van der Waals surface area contributed by atoms with Crippen molar-refractivity contribution in [3.8, 4) is 0 Å². The fourth-order valence-electron chi connectivity index (χ4n) is 4.29. The van der Waals surface area contributed by atoms with Crippen LogP contribution in [0.3, 0.4) is 0 Å². The van der Waals surface area contributed by atoms with Crippen LogP contribution in [0.1, 0.15) is 26.3 Å². The van der Waals surface area contributed by atoms with E-state index in [1.807, 2.05) is 0 Å². The summed E-state index contributed by atoms with van der Waals surface area (Å²) in [5, 5.41) is 4.53. The Morgan fingerprint density at radius 2 is 1.97 bits per heavy atom. The summed E-state index contributed by atoms with van der Waals surface area (Å²) in [5.41, 5.74) is 5.72. The van der Waals surface area contributed by atoms with Crippen molar-refractivity contribution in [2.24, 2.45) is 16.6 Å². The molecule has 2 aromatic heterocycles. The van der Waals surface area contributed by atoms with Crippen molar-refractivity contribution >= 4 is 57.0 Å². The highest BCUT2D eigenvalue weighted by molar-refractivity contribution is 8.15. The second-order valence-corrected chi connectivity index (χ2v) is 10.6. The zero-order valence-corrected chi connectivity index (χ0v) is 21.7. The molecule has 9 nitrogen and oxygen atoms in total. The van der Waals surface area contributed by atoms with Crippen molar-refractivity contribution in [1.29, 1.82) is 0 Å². The first-order chi connectivity index (χ1) is 16.9. The van der Waals surface area contributed by atoms with Gasteiger partial charge in [-0.3, -0.25) is 14.6 Å². The zero-order chi connectivity index (χ0) is 26.4. The number of halogens is 3. The summed E-state index contributed by atoms with van der Waals surface area (Å²) in [6.07, 6.45) is 2.74. The van der Waals surface area contributed by atoms with Gasteiger partial charge in [0, 0.05) is 36.5 Å². The lowest BCUT2D eigenvalue weighted by molar-refractivity contribution is -0.173. The van der Waals surface area contributed by atoms with Gasteiger partial charge in [0.15, 0.2) is 22.6 Å². The molecular weight excluding hydrogens is 512 g/mol. The van der Waals surface area contributed by atoms with Gasteiger partial charge < -0.3 is 11.1 Å². The average Bonchev–Trinajstić information content (AvgIpc) is 2.83. The Labute approximate surface area is 215 Å². The zero-order valence-electron chi connectivity index (χ0n) is 20.1. The fourth-order valence-corrected chi connectivity index (χ4v) is 5.73. The molecule has 1 aliphatic heterocycles. The van der Waals surface area contributed by atoms with E-state index in [1.54, 1.807) is 26.8 Å². The second kappa shape index (κ2) is 9.41. The van der Waals surface area contributed by atoms with Crippen molar-refractivity contribution in [3.05, 3.63) is 52.9 Å². The molecule has 4 rings (SSSR count). The quantitative estimate of drug-likeness (QED) is 0.462. The number of amidine groups is 1. The van der Waals surface area contributed by atoms with Crippen LogP contribution < -0.4 is 11.1 Å². The highest BCUT2D eigenvalue weighted by atomic mass is 35.5. The standard InChI is InChI=1S/C23H24ClF2N7O2S/c1-11-22(2,32-21(27)36-23(11,3)20(34)33(4)35-5)14-7-13(8-15(25)17(14)26)31-19-18-16(29-10-30-19)6-12(24)9-28-18/h6-11H,1-5H3,(H2,27,32)(H,29,30,31)/t11?,22-,23-/m0/s1. The van der Waals surface area contributed by atoms with Gasteiger partial charge in [0.05, 0.1) is 23.2 Å². The first-order valence-electron chi connectivity index (χ1n) is 10.8. The molecule has 0 bridgehead atoms. The van der Waals surface area contributed by atoms with Crippen LogP contribution in [-0.4, -0.2) is 50.0 Å². The van der Waals surface area contributed by atoms with E-state index in [-0.39, 0.29) is 28.1 Å². The highest BCUT2D eigenvalue weighted by Gasteiger charge is 2.55. The van der Waals surface area contributed by atoms with Crippen molar-refractivity contribution in [1.82, 2.24) is 20.0 Å². The molecule has 3 N–H and O–H groups in total. The Kier molecular flexibility index (Phi) is 6.80. The molecule has 0 saturated carbocycles. The van der Waals surface area contributed by atoms with Gasteiger partial charge in [0.25, 0.3) is 5.91 Å². The maximum Gasteiger partial charge on any atom is 0.262 e. The summed E-state index contributed by atoms with van der Waals surface area (Å²) in [4.78, 5) is 35.3. The van der Waals surface area contributed by atoms with Crippen molar-refractivity contribution in [2.75, 3.05) is 19.5 Å². The molecule has 1 aliphatic rings. The largest absolute Gasteiger partial charge is 0.378 e. The van der Waals surface area contributed by atoms with Gasteiger partial charge in [-0.2, -0.15) is 0 Å². The van der Waals surface area contributed by atoms with Crippen LogP contribution in [0.5, 0.6) is 0 Å². The molecule has 3 atom stereocenters. The number of hydrogen-bond acceptors (Lipinski definition) is 9. The number of thioether (sulfide) groups is 1. The van der Waals surface area contributed by atoms with Crippen molar-refractivity contribution in [3.63, 3.8) is 0 Å². The van der Waals surface area contributed by atoms with E-state index in [0.717, 1.165) is 22.9 Å². The molecule has 0 spiro atoms. The Hall–Kier alpha value is -3.09. The van der Waals surface area contributed by atoms with Crippen LogP contribution in [0.25, 0.3) is 11.0 Å². The number of hydroxylamine groups is 2. The molecule has 13 heteroatoms. The molecule has 0 radical (unpaired) electrons. The summed E-state index contributed by atoms with van der Waals surface area (Å²) in [5.74, 6) is -2.94. The Bertz CT molecular complexity index is 1390. The molecule has 1 unspecified atom stereocenters. The minimum atomic E-state index is -1.39. The lowest BCUT2D eigenvalue weighted by Crippen LogP contribution is -2.56. The van der Waals surface area contributed by atoms with Crippen LogP contribution in [0, 0.1) is 17.6 Å². The molecule has 1 aromatic carbocycles. The molecule has 3 heterocycles. The van der Waals surface area contributed by atoms with Crippen molar-refractivity contribution < 1.29 is 18.4 Å². The SMILES string of the molecule is CON(C)C(=O)[C@@]1(C)SC(N)=N[C@](C)(c2cc(Nc3ncnc4cc(Cl)cnc34)cc(F)c2F)C1C. The number of carbonyl (C=O) groups is 1. The second-order valence-electron chi connectivity index (χ2n) is 8.70. The third kappa shape index (κ3) is 4.33. The molecule has 36 heavy (non-hydrogen) atoms. The van der Waals surface area contributed by atoms with Gasteiger partial charge in [-0.15, -0.1) is 0 Å². The number of pyridine rings is 1. The van der Waals surface area contributed by atoms with E-state index < -0.39 is 27.8 Å². The number of nitrogens with two attached hydrogens (primary N) is 1. The van der Waals surface area contributed by atoms with Gasteiger partial charge in [-0.1, -0.05) is 30.3 Å². The maximum atomic E-state index is 15.3. The molecule has 0 fully saturated rings. The summed E-state index contributed by atoms with van der Waals surface area (Å²) in [7, 11) is 2.83. The third-order valence-electron chi connectivity index (χ3n) is 6.59. The third-order valence-corrected chi connectivity index (χ3v) is 8.05. The topological polar surface area (TPSA) is 119 Å². The number of aliphatic imine (C=N–C) groups is 1. The van der Waals surface area contributed by atoms with E-state index in [2.05, 4.69) is 25.3 Å². The van der Waals surface area contributed by atoms with Crippen LogP contribution in [0.15, 0.2) is 35.7 Å². The lowest BCUT2D eigenvalue weighted by atomic mass is 9.73. The minimum Gasteiger partial charge on any atom is -0.378 e. The number of benzene rings is 1. The molecular formula is C23H24ClF2N7O2S. The lowest BCUT2D eigenvalue weighted by Gasteiger charge is -2.47. The Balaban J connectivity index is 1.81. The van der Waals surface area contributed by atoms with Crippen molar-refractivity contribution in [2.45, 2.75) is 31.1 Å². The number of anilines is 2. The average molecular weight is 536 g/mol. The van der Waals surface area contributed by atoms with Crippen LogP contribution >= 0.6 is 23.4 Å². The van der Waals surface area contributed by atoms with Crippen LogP contribution in [0.2, 0.25) is 5.02 Å². The van der Waals surface area contributed by atoms with Crippen LogP contribution in [0.4, 0.5) is 20.3 Å². The molecule has 0 aliphatic carbocycles. The number of rotatable bonds is 5. The van der Waals surface area contributed by atoms with E-state index >= 15 is 4.39 Å². The summed E-state index contributed by atoms with van der Waals surface area (Å²) in [6.45, 7) is 5.04. The van der Waals surface area contributed by atoms with Gasteiger partial charge in [-0.05, 0) is 26.0 Å². The summed E-state index contributed by atoms with van der Waals surface area (Å²) in [6, 6.07) is 4.04. The Morgan fingerprint density at radius 3 is 2.67 bits per heavy atom.